The van der Waals surface area contributed by atoms with Crippen LogP contribution < -0.4 is 10.5 Å². The normalized spacial score (nSPS) is 10.4. The van der Waals surface area contributed by atoms with Crippen LogP contribution in [0.1, 0.15) is 18.1 Å². The SMILES string of the molecule is CCc1c(N)ncnc1Oc1cccc(COC)c1. The number of ether oxygens (including phenoxy) is 2. The summed E-state index contributed by atoms with van der Waals surface area (Å²) in [4.78, 5) is 8.10. The molecule has 0 fully saturated rings. The molecule has 100 valence electrons. The lowest BCUT2D eigenvalue weighted by Crippen LogP contribution is -2.02. The van der Waals surface area contributed by atoms with Gasteiger partial charge < -0.3 is 15.2 Å². The second-order valence-corrected chi connectivity index (χ2v) is 4.08. The largest absolute Gasteiger partial charge is 0.439 e. The van der Waals surface area contributed by atoms with Gasteiger partial charge in [-0.1, -0.05) is 19.1 Å². The van der Waals surface area contributed by atoms with Gasteiger partial charge in [-0.25, -0.2) is 9.97 Å². The van der Waals surface area contributed by atoms with E-state index < -0.39 is 0 Å². The first-order valence-corrected chi connectivity index (χ1v) is 6.09. The molecular weight excluding hydrogens is 242 g/mol. The first-order valence-electron chi connectivity index (χ1n) is 6.09. The van der Waals surface area contributed by atoms with Crippen LogP contribution in [-0.2, 0) is 17.8 Å². The highest BCUT2D eigenvalue weighted by Crippen LogP contribution is 2.26. The van der Waals surface area contributed by atoms with E-state index in [1.807, 2.05) is 31.2 Å². The molecule has 0 unspecified atom stereocenters. The summed E-state index contributed by atoms with van der Waals surface area (Å²) in [5.74, 6) is 1.67. The van der Waals surface area contributed by atoms with Crippen LogP contribution in [0.15, 0.2) is 30.6 Å². The summed E-state index contributed by atoms with van der Waals surface area (Å²) in [7, 11) is 1.66. The van der Waals surface area contributed by atoms with Crippen molar-refractivity contribution in [3.8, 4) is 11.6 Å². The Morgan fingerprint density at radius 2 is 2.11 bits per heavy atom. The number of nitrogen functional groups attached to an aromatic ring is 1. The highest BCUT2D eigenvalue weighted by atomic mass is 16.5. The second-order valence-electron chi connectivity index (χ2n) is 4.08. The van der Waals surface area contributed by atoms with Crippen LogP contribution in [0.25, 0.3) is 0 Å². The minimum Gasteiger partial charge on any atom is -0.439 e. The molecule has 0 atom stereocenters. The molecule has 5 heteroatoms. The standard InChI is InChI=1S/C14H17N3O2/c1-3-12-13(15)16-9-17-14(12)19-11-6-4-5-10(7-11)8-18-2/h4-7,9H,3,8H2,1-2H3,(H2,15,16,17). The van der Waals surface area contributed by atoms with Crippen LogP contribution in [0, 0.1) is 0 Å². The van der Waals surface area contributed by atoms with Gasteiger partial charge >= 0.3 is 0 Å². The Hall–Kier alpha value is -2.14. The maximum absolute atomic E-state index is 5.81. The first kappa shape index (κ1) is 13.3. The minimum absolute atomic E-state index is 0.459. The molecule has 0 spiro atoms. The zero-order valence-electron chi connectivity index (χ0n) is 11.1. The molecule has 0 aliphatic heterocycles. The molecule has 19 heavy (non-hydrogen) atoms. The van der Waals surface area contributed by atoms with Crippen LogP contribution in [0.5, 0.6) is 11.6 Å². The van der Waals surface area contributed by atoms with Crippen LogP contribution in [0.4, 0.5) is 5.82 Å². The molecule has 0 aliphatic carbocycles. The summed E-state index contributed by atoms with van der Waals surface area (Å²) < 4.78 is 10.9. The summed E-state index contributed by atoms with van der Waals surface area (Å²) in [6.45, 7) is 2.53. The molecular formula is C14H17N3O2. The van der Waals surface area contributed by atoms with E-state index in [1.54, 1.807) is 7.11 Å². The van der Waals surface area contributed by atoms with E-state index >= 15 is 0 Å². The quantitative estimate of drug-likeness (QED) is 0.893. The van der Waals surface area contributed by atoms with Gasteiger partial charge in [-0.3, -0.25) is 0 Å². The minimum atomic E-state index is 0.459. The van der Waals surface area contributed by atoms with Crippen LogP contribution >= 0.6 is 0 Å². The predicted molar refractivity (Wildman–Crippen MR) is 73.1 cm³/mol. The van der Waals surface area contributed by atoms with Crippen molar-refractivity contribution in [3.05, 3.63) is 41.7 Å². The Bertz CT molecular complexity index is 558. The van der Waals surface area contributed by atoms with Crippen molar-refractivity contribution < 1.29 is 9.47 Å². The maximum atomic E-state index is 5.81. The van der Waals surface area contributed by atoms with Gasteiger partial charge in [0.05, 0.1) is 12.2 Å². The van der Waals surface area contributed by atoms with Crippen LogP contribution in [0.3, 0.4) is 0 Å². The molecule has 0 saturated heterocycles. The topological polar surface area (TPSA) is 70.3 Å². The number of methoxy groups -OCH3 is 1. The predicted octanol–water partition coefficient (Wildman–Crippen LogP) is 2.56. The molecule has 5 nitrogen and oxygen atoms in total. The maximum Gasteiger partial charge on any atom is 0.227 e. The van der Waals surface area contributed by atoms with E-state index in [1.165, 1.54) is 6.33 Å². The van der Waals surface area contributed by atoms with Gasteiger partial charge in [-0.15, -0.1) is 0 Å². The fourth-order valence-corrected chi connectivity index (χ4v) is 1.81. The van der Waals surface area contributed by atoms with Gasteiger partial charge in [0.15, 0.2) is 0 Å². The Kier molecular flexibility index (Phi) is 4.30. The average molecular weight is 259 g/mol. The Morgan fingerprint density at radius 3 is 2.84 bits per heavy atom. The van der Waals surface area contributed by atoms with Gasteiger partial charge in [-0.05, 0) is 24.1 Å². The number of hydrogen-bond donors (Lipinski definition) is 1. The van der Waals surface area contributed by atoms with E-state index in [2.05, 4.69) is 9.97 Å². The Morgan fingerprint density at radius 1 is 1.26 bits per heavy atom. The fourth-order valence-electron chi connectivity index (χ4n) is 1.81. The van der Waals surface area contributed by atoms with E-state index in [9.17, 15) is 0 Å². The number of benzene rings is 1. The molecule has 0 radical (unpaired) electrons. The smallest absolute Gasteiger partial charge is 0.227 e. The highest BCUT2D eigenvalue weighted by Gasteiger charge is 2.09. The summed E-state index contributed by atoms with van der Waals surface area (Å²) in [5, 5.41) is 0. The van der Waals surface area contributed by atoms with Crippen molar-refractivity contribution in [2.24, 2.45) is 0 Å². The fraction of sp³-hybridized carbons (Fsp3) is 0.286. The lowest BCUT2D eigenvalue weighted by Gasteiger charge is -2.10. The zero-order chi connectivity index (χ0) is 13.7. The van der Waals surface area contributed by atoms with E-state index in [0.717, 1.165) is 17.5 Å². The van der Waals surface area contributed by atoms with Gasteiger partial charge in [0, 0.05) is 7.11 Å². The molecule has 1 aromatic carbocycles. The van der Waals surface area contributed by atoms with Gasteiger partial charge in [0.2, 0.25) is 5.88 Å². The van der Waals surface area contributed by atoms with Crippen molar-refractivity contribution in [1.29, 1.82) is 0 Å². The first-order chi connectivity index (χ1) is 9.24. The van der Waals surface area contributed by atoms with E-state index in [0.29, 0.717) is 24.1 Å². The van der Waals surface area contributed by atoms with Gasteiger partial charge in [0.25, 0.3) is 0 Å². The summed E-state index contributed by atoms with van der Waals surface area (Å²) in [6, 6.07) is 7.68. The van der Waals surface area contributed by atoms with Crippen LogP contribution in [0.2, 0.25) is 0 Å². The highest BCUT2D eigenvalue weighted by molar-refractivity contribution is 5.46. The lowest BCUT2D eigenvalue weighted by atomic mass is 10.2. The number of nitrogens with zero attached hydrogens (tertiary/aromatic N) is 2. The number of hydrogen-bond acceptors (Lipinski definition) is 5. The van der Waals surface area contributed by atoms with Crippen molar-refractivity contribution >= 4 is 5.82 Å². The molecule has 1 aromatic heterocycles. The van der Waals surface area contributed by atoms with Crippen LogP contribution in [-0.4, -0.2) is 17.1 Å². The van der Waals surface area contributed by atoms with Crippen molar-refractivity contribution in [2.45, 2.75) is 20.0 Å². The molecule has 0 bridgehead atoms. The third kappa shape index (κ3) is 3.20. The van der Waals surface area contributed by atoms with Gasteiger partial charge in [-0.2, -0.15) is 0 Å². The third-order valence-electron chi connectivity index (χ3n) is 2.72. The van der Waals surface area contributed by atoms with E-state index in [4.69, 9.17) is 15.2 Å². The van der Waals surface area contributed by atoms with Crippen molar-refractivity contribution in [1.82, 2.24) is 9.97 Å². The van der Waals surface area contributed by atoms with E-state index in [-0.39, 0.29) is 0 Å². The molecule has 1 heterocycles. The summed E-state index contributed by atoms with van der Waals surface area (Å²) in [5.41, 5.74) is 7.67. The third-order valence-corrected chi connectivity index (χ3v) is 2.72. The van der Waals surface area contributed by atoms with Crippen molar-refractivity contribution in [3.63, 3.8) is 0 Å². The molecule has 0 saturated carbocycles. The molecule has 0 aliphatic rings. The number of anilines is 1. The van der Waals surface area contributed by atoms with Gasteiger partial charge in [0.1, 0.15) is 17.9 Å². The monoisotopic (exact) mass is 259 g/mol. The number of rotatable bonds is 5. The summed E-state index contributed by atoms with van der Waals surface area (Å²) in [6.07, 6.45) is 2.13. The lowest BCUT2D eigenvalue weighted by molar-refractivity contribution is 0.184. The number of nitrogens with two attached hydrogens (primary N) is 1. The molecule has 2 aromatic rings. The second kappa shape index (κ2) is 6.15. The Labute approximate surface area is 112 Å². The zero-order valence-corrected chi connectivity index (χ0v) is 11.1. The molecule has 0 amide bonds. The average Bonchev–Trinajstić information content (AvgIpc) is 2.40. The molecule has 2 rings (SSSR count). The molecule has 2 N–H and O–H groups in total. The van der Waals surface area contributed by atoms with Crippen molar-refractivity contribution in [2.75, 3.05) is 12.8 Å². The number of aromatic nitrogens is 2. The Balaban J connectivity index is 2.26. The summed E-state index contributed by atoms with van der Waals surface area (Å²) >= 11 is 0.